The third-order valence-electron chi connectivity index (χ3n) is 11.0. The van der Waals surface area contributed by atoms with Gasteiger partial charge >= 0.3 is 6.18 Å². The van der Waals surface area contributed by atoms with Gasteiger partial charge in [-0.2, -0.15) is 13.2 Å². The van der Waals surface area contributed by atoms with E-state index in [4.69, 9.17) is 14.2 Å². The molecule has 3 nitrogen and oxygen atoms in total. The van der Waals surface area contributed by atoms with Crippen molar-refractivity contribution >= 4 is 27.6 Å². The van der Waals surface area contributed by atoms with Crippen LogP contribution in [-0.4, -0.2) is 13.2 Å². The first-order chi connectivity index (χ1) is 25.6. The highest BCUT2D eigenvalue weighted by atomic mass is 19.4. The van der Waals surface area contributed by atoms with Crippen LogP contribution >= 0.6 is 0 Å². The van der Waals surface area contributed by atoms with E-state index in [1.165, 1.54) is 12.1 Å². The van der Waals surface area contributed by atoms with E-state index in [9.17, 15) is 13.2 Å². The largest absolute Gasteiger partial charge is 0.494 e. The molecule has 2 aliphatic rings. The predicted molar refractivity (Wildman–Crippen MR) is 208 cm³/mol. The van der Waals surface area contributed by atoms with Crippen molar-refractivity contribution in [2.24, 2.45) is 0 Å². The average Bonchev–Trinajstić information content (AvgIpc) is 3.41. The van der Waals surface area contributed by atoms with Crippen LogP contribution in [0.1, 0.15) is 86.8 Å². The maximum absolute atomic E-state index is 14.1. The number of hydrogen-bond donors (Lipinski definition) is 0. The summed E-state index contributed by atoms with van der Waals surface area (Å²) in [6.07, 6.45) is 3.77. The lowest BCUT2D eigenvalue weighted by Crippen LogP contribution is -2.35. The van der Waals surface area contributed by atoms with Crippen LogP contribution in [0.25, 0.3) is 38.7 Å². The molecule has 0 N–H and O–H groups in total. The minimum Gasteiger partial charge on any atom is -0.494 e. The highest BCUT2D eigenvalue weighted by molar-refractivity contribution is 6.19. The number of rotatable bonds is 10. The number of halogens is 3. The predicted octanol–water partition coefficient (Wildman–Crippen LogP) is 13.0. The van der Waals surface area contributed by atoms with Crippen molar-refractivity contribution in [1.82, 2.24) is 0 Å². The number of unbranched alkanes of at least 4 members (excludes halogenated alkanes) is 2. The fourth-order valence-electron chi connectivity index (χ4n) is 8.23. The van der Waals surface area contributed by atoms with Crippen LogP contribution in [0.4, 0.5) is 13.2 Å². The van der Waals surface area contributed by atoms with Gasteiger partial charge in [0, 0.05) is 32.9 Å². The Kier molecular flexibility index (Phi) is 8.75. The second kappa shape index (κ2) is 13.3. The molecule has 8 rings (SSSR count). The summed E-state index contributed by atoms with van der Waals surface area (Å²) in [5, 5.41) is 3.76. The Morgan fingerprint density at radius 1 is 0.698 bits per heavy atom. The molecule has 0 radical (unpaired) electrons. The zero-order chi connectivity index (χ0) is 37.0. The van der Waals surface area contributed by atoms with Crippen LogP contribution in [0.15, 0.2) is 109 Å². The van der Waals surface area contributed by atoms with E-state index in [1.807, 2.05) is 56.3 Å². The van der Waals surface area contributed by atoms with Crippen molar-refractivity contribution in [3.05, 3.63) is 143 Å². The van der Waals surface area contributed by atoms with Gasteiger partial charge in [0.15, 0.2) is 5.60 Å². The molecule has 270 valence electrons. The summed E-state index contributed by atoms with van der Waals surface area (Å²) >= 11 is 0. The molecular weight excluding hydrogens is 670 g/mol. The normalized spacial score (nSPS) is 17.0. The molecule has 0 saturated heterocycles. The van der Waals surface area contributed by atoms with Crippen LogP contribution in [-0.2, 0) is 17.2 Å². The SMILES string of the molecule is CCCCOc1ccc(C2(c3ccccc3)C=Cc3c4c(c5ccc6c(OCCCC)cccc6c5c3O2)-c2ccc(C(F)(F)F)cc2C4(C)C)cc1. The standard InChI is InChI=1S/C47H43F3O3/c1-5-7-27-51-33-20-17-31(18-21-33)46(30-13-10-9-11-14-30)26-25-38-43-41(36-22-19-32(47(48,49)50)29-39(36)45(43,3)4)37-24-23-34-35(42(37)44(38)53-46)15-12-16-40(34)52-28-8-6-2/h9-26,29H,5-8,27-28H2,1-4H3. The number of alkyl halides is 3. The van der Waals surface area contributed by atoms with Gasteiger partial charge in [-0.15, -0.1) is 0 Å². The molecule has 0 saturated carbocycles. The molecule has 0 fully saturated rings. The summed E-state index contributed by atoms with van der Waals surface area (Å²) < 4.78 is 62.3. The Morgan fingerprint density at radius 2 is 1.40 bits per heavy atom. The van der Waals surface area contributed by atoms with Crippen LogP contribution in [0.3, 0.4) is 0 Å². The van der Waals surface area contributed by atoms with Gasteiger partial charge in [0.25, 0.3) is 0 Å². The monoisotopic (exact) mass is 712 g/mol. The Hall–Kier alpha value is -5.23. The zero-order valence-corrected chi connectivity index (χ0v) is 30.6. The lowest BCUT2D eigenvalue weighted by Gasteiger charge is -2.38. The molecule has 1 atom stereocenters. The average molecular weight is 713 g/mol. The van der Waals surface area contributed by atoms with Gasteiger partial charge in [0.2, 0.25) is 0 Å². The van der Waals surface area contributed by atoms with Gasteiger partial charge < -0.3 is 14.2 Å². The van der Waals surface area contributed by atoms with E-state index in [2.05, 4.69) is 68.5 Å². The van der Waals surface area contributed by atoms with Crippen LogP contribution in [0, 0.1) is 0 Å². The first-order valence-corrected chi connectivity index (χ1v) is 18.7. The Bertz CT molecular complexity index is 2360. The molecular formula is C47H43F3O3. The molecule has 1 aliphatic carbocycles. The minimum absolute atomic E-state index is 0.605. The first-order valence-electron chi connectivity index (χ1n) is 18.7. The van der Waals surface area contributed by atoms with Gasteiger partial charge in [-0.25, -0.2) is 0 Å². The minimum atomic E-state index is -4.46. The summed E-state index contributed by atoms with van der Waals surface area (Å²) in [5.41, 5.74) is 3.73. The van der Waals surface area contributed by atoms with Crippen molar-refractivity contribution in [1.29, 1.82) is 0 Å². The van der Waals surface area contributed by atoms with Gasteiger partial charge in [-0.05, 0) is 88.3 Å². The summed E-state index contributed by atoms with van der Waals surface area (Å²) in [6, 6.07) is 32.8. The smallest absolute Gasteiger partial charge is 0.416 e. The Balaban J connectivity index is 1.41. The molecule has 6 aromatic carbocycles. The number of ether oxygens (including phenoxy) is 3. The van der Waals surface area contributed by atoms with Gasteiger partial charge in [0.05, 0.1) is 18.8 Å². The van der Waals surface area contributed by atoms with Crippen molar-refractivity contribution in [3.8, 4) is 28.4 Å². The Morgan fingerprint density at radius 3 is 2.11 bits per heavy atom. The lowest BCUT2D eigenvalue weighted by molar-refractivity contribution is -0.137. The fourth-order valence-corrected chi connectivity index (χ4v) is 8.23. The van der Waals surface area contributed by atoms with E-state index < -0.39 is 22.8 Å². The van der Waals surface area contributed by atoms with Crippen LogP contribution in [0.5, 0.6) is 17.2 Å². The number of benzene rings is 6. The van der Waals surface area contributed by atoms with Crippen LogP contribution in [0.2, 0.25) is 0 Å². The molecule has 6 heteroatoms. The molecule has 0 amide bonds. The maximum Gasteiger partial charge on any atom is 0.416 e. The lowest BCUT2D eigenvalue weighted by atomic mass is 9.76. The zero-order valence-electron chi connectivity index (χ0n) is 30.6. The molecule has 1 heterocycles. The molecule has 0 bridgehead atoms. The van der Waals surface area contributed by atoms with E-state index in [1.54, 1.807) is 6.07 Å². The van der Waals surface area contributed by atoms with E-state index in [-0.39, 0.29) is 0 Å². The van der Waals surface area contributed by atoms with Gasteiger partial charge in [0.1, 0.15) is 17.2 Å². The van der Waals surface area contributed by atoms with E-state index in [0.29, 0.717) is 24.5 Å². The third-order valence-corrected chi connectivity index (χ3v) is 11.0. The second-order valence-corrected chi connectivity index (χ2v) is 14.7. The molecule has 1 aliphatic heterocycles. The van der Waals surface area contributed by atoms with Gasteiger partial charge in [-0.3, -0.25) is 0 Å². The topological polar surface area (TPSA) is 27.7 Å². The fraction of sp³-hybridized carbons (Fsp3) is 0.277. The second-order valence-electron chi connectivity index (χ2n) is 14.7. The Labute approximate surface area is 309 Å². The van der Waals surface area contributed by atoms with E-state index >= 15 is 0 Å². The van der Waals surface area contributed by atoms with Crippen molar-refractivity contribution in [3.63, 3.8) is 0 Å². The van der Waals surface area contributed by atoms with Crippen molar-refractivity contribution < 1.29 is 27.4 Å². The molecule has 53 heavy (non-hydrogen) atoms. The highest BCUT2D eigenvalue weighted by Crippen LogP contribution is 2.59. The third kappa shape index (κ3) is 5.74. The first kappa shape index (κ1) is 34.8. The molecule has 0 aromatic heterocycles. The number of fused-ring (bicyclic) bond motifs is 10. The van der Waals surface area contributed by atoms with Crippen molar-refractivity contribution in [2.75, 3.05) is 13.2 Å². The number of hydrogen-bond acceptors (Lipinski definition) is 3. The highest BCUT2D eigenvalue weighted by Gasteiger charge is 2.45. The summed E-state index contributed by atoms with van der Waals surface area (Å²) in [5.74, 6) is 2.29. The quantitative estimate of drug-likeness (QED) is 0.105. The summed E-state index contributed by atoms with van der Waals surface area (Å²) in [7, 11) is 0. The van der Waals surface area contributed by atoms with Gasteiger partial charge in [-0.1, -0.05) is 113 Å². The molecule has 0 spiro atoms. The summed E-state index contributed by atoms with van der Waals surface area (Å²) in [4.78, 5) is 0. The maximum atomic E-state index is 14.1. The van der Waals surface area contributed by atoms with Crippen molar-refractivity contribution in [2.45, 2.75) is 70.6 Å². The van der Waals surface area contributed by atoms with E-state index in [0.717, 1.165) is 92.1 Å². The van der Waals surface area contributed by atoms with Crippen LogP contribution < -0.4 is 14.2 Å². The molecule has 1 unspecified atom stereocenters. The molecule has 6 aromatic rings. The summed E-state index contributed by atoms with van der Waals surface area (Å²) in [6.45, 7) is 9.58.